The molecule has 0 saturated carbocycles. The summed E-state index contributed by atoms with van der Waals surface area (Å²) in [5, 5.41) is 2.77. The monoisotopic (exact) mass is 413 g/mol. The van der Waals surface area contributed by atoms with Crippen molar-refractivity contribution in [2.75, 3.05) is 23.4 Å². The second kappa shape index (κ2) is 8.01. The number of carbonyl (C=O) groups excluding carboxylic acids is 3. The molecular weight excluding hydrogens is 394 g/mol. The van der Waals surface area contributed by atoms with Crippen molar-refractivity contribution in [3.05, 3.63) is 64.7 Å². The molecule has 1 atom stereocenters. The minimum Gasteiger partial charge on any atom is -0.454 e. The highest BCUT2D eigenvalue weighted by Gasteiger charge is 2.27. The van der Waals surface area contributed by atoms with Gasteiger partial charge >= 0.3 is 5.97 Å². The predicted octanol–water partition coefficient (Wildman–Crippen LogP) is 4.26. The van der Waals surface area contributed by atoms with Gasteiger partial charge in [0.1, 0.15) is 0 Å². The number of ketones is 1. The van der Waals surface area contributed by atoms with E-state index in [4.69, 9.17) is 4.74 Å². The van der Waals surface area contributed by atoms with Gasteiger partial charge in [-0.3, -0.25) is 9.59 Å². The van der Waals surface area contributed by atoms with Gasteiger partial charge in [0.25, 0.3) is 0 Å². The van der Waals surface area contributed by atoms with E-state index in [0.29, 0.717) is 15.7 Å². The second-order valence-corrected chi connectivity index (χ2v) is 9.43. The molecule has 1 N–H and O–H groups in total. The number of benzene rings is 2. The van der Waals surface area contributed by atoms with Gasteiger partial charge in [-0.1, -0.05) is 12.1 Å². The molecule has 4 rings (SSSR count). The number of esters is 1. The molecule has 0 radical (unpaired) electrons. The Morgan fingerprint density at radius 2 is 1.75 bits per heavy atom. The van der Waals surface area contributed by atoms with Gasteiger partial charge in [0, 0.05) is 22.8 Å². The Bertz CT molecular complexity index is 936. The van der Waals surface area contributed by atoms with Crippen LogP contribution in [-0.2, 0) is 9.53 Å². The number of hydrogen-bond acceptors (Lipinski definition) is 6. The molecule has 1 amide bonds. The molecule has 2 aromatic rings. The number of fused-ring (bicyclic) bond motifs is 1. The van der Waals surface area contributed by atoms with Crippen LogP contribution in [0.3, 0.4) is 0 Å². The van der Waals surface area contributed by atoms with Crippen molar-refractivity contribution in [1.29, 1.82) is 0 Å². The van der Waals surface area contributed by atoms with E-state index in [1.807, 2.05) is 35.7 Å². The van der Waals surface area contributed by atoms with Gasteiger partial charge in [0.15, 0.2) is 12.4 Å². The van der Waals surface area contributed by atoms with E-state index in [0.717, 1.165) is 22.8 Å². The van der Waals surface area contributed by atoms with Crippen molar-refractivity contribution in [3.8, 4) is 0 Å². The first kappa shape index (κ1) is 19.1. The van der Waals surface area contributed by atoms with Crippen LogP contribution in [0, 0.1) is 0 Å². The summed E-state index contributed by atoms with van der Waals surface area (Å²) in [6.07, 6.45) is 0. The summed E-state index contributed by atoms with van der Waals surface area (Å²) in [7, 11) is 0. The van der Waals surface area contributed by atoms with Crippen LogP contribution in [0.2, 0.25) is 0 Å². The van der Waals surface area contributed by atoms with E-state index < -0.39 is 5.97 Å². The van der Waals surface area contributed by atoms with E-state index >= 15 is 0 Å². The Morgan fingerprint density at radius 1 is 1.07 bits per heavy atom. The summed E-state index contributed by atoms with van der Waals surface area (Å²) >= 11 is 3.81. The Kier molecular flexibility index (Phi) is 5.46. The Balaban J connectivity index is 1.37. The number of amides is 1. The van der Waals surface area contributed by atoms with Crippen molar-refractivity contribution >= 4 is 46.9 Å². The molecule has 1 saturated heterocycles. The highest BCUT2D eigenvalue weighted by molar-refractivity contribution is 8.19. The maximum atomic E-state index is 12.4. The van der Waals surface area contributed by atoms with Gasteiger partial charge in [-0.25, -0.2) is 4.79 Å². The highest BCUT2D eigenvalue weighted by Crippen LogP contribution is 2.45. The smallest absolute Gasteiger partial charge is 0.338 e. The zero-order chi connectivity index (χ0) is 19.7. The van der Waals surface area contributed by atoms with Crippen LogP contribution in [0.1, 0.15) is 49.3 Å². The average Bonchev–Trinajstić information content (AvgIpc) is 3.35. The Hall–Kier alpha value is -2.25. The molecule has 0 aromatic heterocycles. The molecule has 0 spiro atoms. The van der Waals surface area contributed by atoms with Crippen LogP contribution < -0.4 is 5.32 Å². The predicted molar refractivity (Wildman–Crippen MR) is 112 cm³/mol. The molecule has 144 valence electrons. The first-order valence-corrected chi connectivity index (χ1v) is 11.1. The normalized spacial score (nSPS) is 18.6. The number of Topliss-reactive ketones (excluding diaryl/α,β-unsaturated/α-hetero) is 1. The van der Waals surface area contributed by atoms with Gasteiger partial charge in [-0.15, -0.1) is 23.5 Å². The molecule has 2 heterocycles. The zero-order valence-electron chi connectivity index (χ0n) is 15.3. The molecule has 1 fully saturated rings. The fraction of sp³-hybridized carbons (Fsp3) is 0.286. The number of carbonyl (C=O) groups is 3. The van der Waals surface area contributed by atoms with E-state index in [2.05, 4.69) is 5.32 Å². The molecule has 2 aliphatic rings. The van der Waals surface area contributed by atoms with Crippen LogP contribution in [0.15, 0.2) is 42.5 Å². The van der Waals surface area contributed by atoms with Crippen molar-refractivity contribution < 1.29 is 19.1 Å². The average molecular weight is 414 g/mol. The lowest BCUT2D eigenvalue weighted by atomic mass is 9.99. The van der Waals surface area contributed by atoms with Gasteiger partial charge in [0.2, 0.25) is 5.91 Å². The van der Waals surface area contributed by atoms with E-state index in [-0.39, 0.29) is 24.2 Å². The molecular formula is C21H19NO4S2. The summed E-state index contributed by atoms with van der Waals surface area (Å²) in [6, 6.07) is 12.4. The number of rotatable bonds is 5. The van der Waals surface area contributed by atoms with E-state index in [9.17, 15) is 14.4 Å². The zero-order valence-corrected chi connectivity index (χ0v) is 16.9. The van der Waals surface area contributed by atoms with Crippen LogP contribution in [0.5, 0.6) is 0 Å². The third kappa shape index (κ3) is 3.82. The first-order valence-electron chi connectivity index (χ1n) is 9.01. The van der Waals surface area contributed by atoms with Crippen molar-refractivity contribution in [2.24, 2.45) is 0 Å². The Labute approximate surface area is 171 Å². The van der Waals surface area contributed by atoms with Gasteiger partial charge < -0.3 is 10.1 Å². The first-order chi connectivity index (χ1) is 13.5. The summed E-state index contributed by atoms with van der Waals surface area (Å²) in [4.78, 5) is 36.4. The quantitative estimate of drug-likeness (QED) is 0.583. The van der Waals surface area contributed by atoms with Crippen LogP contribution in [0.4, 0.5) is 5.69 Å². The number of ether oxygens (including phenoxy) is 1. The number of nitrogens with one attached hydrogen (secondary N) is 1. The number of hydrogen-bond donors (Lipinski definition) is 1. The van der Waals surface area contributed by atoms with Gasteiger partial charge in [-0.05, 0) is 48.4 Å². The number of thioether (sulfide) groups is 2. The largest absolute Gasteiger partial charge is 0.454 e. The van der Waals surface area contributed by atoms with Gasteiger partial charge in [-0.2, -0.15) is 0 Å². The Morgan fingerprint density at radius 3 is 2.46 bits per heavy atom. The lowest BCUT2D eigenvalue weighted by Crippen LogP contribution is -2.14. The minimum atomic E-state index is -0.516. The molecule has 0 aliphatic carbocycles. The van der Waals surface area contributed by atoms with E-state index in [1.54, 1.807) is 37.3 Å². The summed E-state index contributed by atoms with van der Waals surface area (Å²) in [5.74, 6) is 1.11. The molecule has 2 aliphatic heterocycles. The van der Waals surface area contributed by atoms with Crippen LogP contribution in [-0.4, -0.2) is 35.8 Å². The SMILES string of the molecule is C[C@@H]1C(=O)Nc2ccc(C(=O)COC(=O)c3ccc(C4SCCS4)cc3)cc21. The fourth-order valence-electron chi connectivity index (χ4n) is 3.22. The lowest BCUT2D eigenvalue weighted by molar-refractivity contribution is -0.116. The maximum Gasteiger partial charge on any atom is 0.338 e. The standard InChI is InChI=1S/C21H19NO4S2/c1-12-16-10-15(6-7-17(16)22-19(12)24)18(23)11-26-20(25)13-2-4-14(5-3-13)21-27-8-9-28-21/h2-7,10,12,21H,8-9,11H2,1H3,(H,22,24)/t12-/m0/s1. The molecule has 7 heteroatoms. The van der Waals surface area contributed by atoms with Gasteiger partial charge in [0.05, 0.1) is 16.1 Å². The molecule has 5 nitrogen and oxygen atoms in total. The molecule has 2 aromatic carbocycles. The number of anilines is 1. The van der Waals surface area contributed by atoms with Crippen LogP contribution in [0.25, 0.3) is 0 Å². The molecule has 0 bridgehead atoms. The fourth-order valence-corrected chi connectivity index (χ4v) is 6.07. The lowest BCUT2D eigenvalue weighted by Gasteiger charge is -2.09. The molecule has 28 heavy (non-hydrogen) atoms. The summed E-state index contributed by atoms with van der Waals surface area (Å²) < 4.78 is 5.62. The molecule has 0 unspecified atom stereocenters. The van der Waals surface area contributed by atoms with Crippen molar-refractivity contribution in [1.82, 2.24) is 0 Å². The minimum absolute atomic E-state index is 0.0797. The third-order valence-corrected chi connectivity index (χ3v) is 7.97. The summed E-state index contributed by atoms with van der Waals surface area (Å²) in [5.41, 5.74) is 3.57. The van der Waals surface area contributed by atoms with E-state index in [1.165, 1.54) is 5.56 Å². The third-order valence-electron chi connectivity index (χ3n) is 4.87. The van der Waals surface area contributed by atoms with Crippen molar-refractivity contribution in [2.45, 2.75) is 17.4 Å². The maximum absolute atomic E-state index is 12.4. The second-order valence-electron chi connectivity index (χ2n) is 6.71. The van der Waals surface area contributed by atoms with Crippen molar-refractivity contribution in [3.63, 3.8) is 0 Å². The highest BCUT2D eigenvalue weighted by atomic mass is 32.2. The van der Waals surface area contributed by atoms with Crippen LogP contribution >= 0.6 is 23.5 Å². The topological polar surface area (TPSA) is 72.5 Å². The summed E-state index contributed by atoms with van der Waals surface area (Å²) in [6.45, 7) is 1.46.